The minimum Gasteiger partial charge on any atom is -0.462 e. The first kappa shape index (κ1) is 39.8. The summed E-state index contributed by atoms with van der Waals surface area (Å²) in [6.07, 6.45) is 1.75. The smallest absolute Gasteiger partial charge is 0.462 e. The van der Waals surface area contributed by atoms with Crippen molar-refractivity contribution in [3.8, 4) is 0 Å². The van der Waals surface area contributed by atoms with Gasteiger partial charge in [0.2, 0.25) is 11.6 Å². The zero-order chi connectivity index (χ0) is 38.0. The highest BCUT2D eigenvalue weighted by molar-refractivity contribution is 6.25. The Hall–Kier alpha value is -6.64. The van der Waals surface area contributed by atoms with Gasteiger partial charge in [0.05, 0.1) is 30.9 Å². The van der Waals surface area contributed by atoms with Crippen LogP contribution in [-0.4, -0.2) is 55.7 Å². The molecule has 0 aromatic heterocycles. The van der Waals surface area contributed by atoms with E-state index < -0.39 is 18.0 Å². The van der Waals surface area contributed by atoms with E-state index >= 15 is 0 Å². The van der Waals surface area contributed by atoms with Crippen molar-refractivity contribution < 1.29 is 23.9 Å². The van der Waals surface area contributed by atoms with Gasteiger partial charge < -0.3 is 24.6 Å². The number of alkyl carbamates (subject to hydrolysis) is 1. The first-order chi connectivity index (χ1) is 25.1. The highest BCUT2D eigenvalue weighted by atomic mass is 16.6. The number of carbonyl (C=O) groups excluding carboxylic acids is 3. The molecular weight excluding hydrogens is 656 g/mol. The largest absolute Gasteiger partial charge is 0.532 e. The predicted molar refractivity (Wildman–Crippen MR) is 202 cm³/mol. The minimum absolute atomic E-state index is 0.0141. The molecule has 0 aliphatic carbocycles. The van der Waals surface area contributed by atoms with Crippen LogP contribution >= 0.6 is 0 Å². The van der Waals surface area contributed by atoms with Crippen molar-refractivity contribution in [2.24, 2.45) is 0 Å². The normalized spacial score (nSPS) is 11.7. The monoisotopic (exact) mass is 698 g/mol. The van der Waals surface area contributed by atoms with Gasteiger partial charge in [0.15, 0.2) is 0 Å². The van der Waals surface area contributed by atoms with E-state index in [9.17, 15) is 14.4 Å². The number of likely N-dealkylation sites (N-methyl/N-ethyl adjacent to an activating group) is 1. The molecule has 0 saturated heterocycles. The Morgan fingerprint density at radius 2 is 1.62 bits per heavy atom. The highest BCUT2D eigenvalue weighted by Crippen LogP contribution is 2.39. The average Bonchev–Trinajstić information content (AvgIpc) is 3.45. The van der Waals surface area contributed by atoms with E-state index in [4.69, 9.17) is 29.2 Å². The summed E-state index contributed by atoms with van der Waals surface area (Å²) >= 11 is 0. The zero-order valence-electron chi connectivity index (χ0n) is 29.9. The summed E-state index contributed by atoms with van der Waals surface area (Å²) in [4.78, 5) is 50.3. The number of nitrogens with zero attached hydrogens (tertiary/aromatic N) is 5. The molecule has 0 saturated carbocycles. The third kappa shape index (κ3) is 10.4. The Balaban J connectivity index is 0.000000703. The lowest BCUT2D eigenvalue weighted by molar-refractivity contribution is -0.122. The van der Waals surface area contributed by atoms with Crippen LogP contribution in [0.5, 0.6) is 0 Å². The number of nitrogens with one attached hydrogen (secondary N) is 1. The van der Waals surface area contributed by atoms with E-state index in [1.807, 2.05) is 49.4 Å². The highest BCUT2D eigenvalue weighted by Gasteiger charge is 2.40. The van der Waals surface area contributed by atoms with E-state index in [2.05, 4.69) is 50.4 Å². The molecule has 11 nitrogen and oxygen atoms in total. The fourth-order valence-electron chi connectivity index (χ4n) is 5.27. The van der Waals surface area contributed by atoms with E-state index in [1.54, 1.807) is 38.1 Å². The number of esters is 1. The van der Waals surface area contributed by atoms with E-state index in [0.29, 0.717) is 37.2 Å². The number of hydrogen-bond donors (Lipinski definition) is 1. The fraction of sp³-hybridized carbons (Fsp3) is 0.268. The van der Waals surface area contributed by atoms with E-state index in [0.717, 1.165) is 11.3 Å². The van der Waals surface area contributed by atoms with Gasteiger partial charge in [-0.05, 0) is 68.7 Å². The first-order valence-electron chi connectivity index (χ1n) is 16.8. The van der Waals surface area contributed by atoms with Crippen molar-refractivity contribution >= 4 is 35.3 Å². The molecule has 0 bridgehead atoms. The molecule has 0 spiro atoms. The maximum atomic E-state index is 13.2. The van der Waals surface area contributed by atoms with Crippen LogP contribution in [0.1, 0.15) is 59.8 Å². The summed E-state index contributed by atoms with van der Waals surface area (Å²) in [7, 11) is 0. The standard InChI is InChI=1S/C32H32N6O5.C9H10/c1-7-36-32(41)43-20-10-19-42-31(40)24-13-11-22(12-14-24)21-37(8-2)25-17-15-23(16-18-25)26-27(33-4)28(29(34-5)35-6)38(9-3)30(26)39;1-3-9-6-4-5-8(2)7-9/h11-18H,7-10,19-21H2,1-3H3,(H,36,41);3-7H,1H2,2H3. The maximum absolute atomic E-state index is 13.2. The molecule has 4 rings (SSSR count). The molecule has 1 aliphatic rings. The van der Waals surface area contributed by atoms with Crippen LogP contribution in [0, 0.1) is 26.6 Å². The SMILES string of the molecule is C=Cc1cccc(C)c1.[C-]#[N+]C([N+]#[C-])=C1C([N+]#[C-])=C(c2ccc(N(CC)Cc3ccc(C(=O)OCCCOC(=O)NCC)cc3)cc2)C(=O)N1CC. The van der Waals surface area contributed by atoms with Crippen LogP contribution in [0.3, 0.4) is 0 Å². The van der Waals surface area contributed by atoms with Crippen molar-refractivity contribution in [1.82, 2.24) is 10.2 Å². The molecule has 0 atom stereocenters. The molecule has 2 amide bonds. The van der Waals surface area contributed by atoms with Gasteiger partial charge in [-0.1, -0.05) is 66.7 Å². The summed E-state index contributed by atoms with van der Waals surface area (Å²) in [6.45, 7) is 35.9. The second kappa shape index (κ2) is 20.1. The molecule has 1 N–H and O–H groups in total. The quantitative estimate of drug-likeness (QED) is 0.110. The molecule has 0 unspecified atom stereocenters. The number of anilines is 1. The Kier molecular flexibility index (Phi) is 15.4. The lowest BCUT2D eigenvalue weighted by Gasteiger charge is -2.24. The summed E-state index contributed by atoms with van der Waals surface area (Å²) in [6, 6.07) is 22.6. The van der Waals surface area contributed by atoms with Gasteiger partial charge in [-0.25, -0.2) is 14.4 Å². The van der Waals surface area contributed by atoms with Crippen molar-refractivity contribution in [3.63, 3.8) is 0 Å². The molecule has 3 aromatic rings. The Morgan fingerprint density at radius 3 is 2.15 bits per heavy atom. The number of benzene rings is 3. The van der Waals surface area contributed by atoms with Crippen LogP contribution in [0.2, 0.25) is 0 Å². The molecule has 1 aliphatic heterocycles. The average molecular weight is 699 g/mol. The van der Waals surface area contributed by atoms with Crippen molar-refractivity contribution in [2.45, 2.75) is 40.7 Å². The topological polar surface area (TPSA) is 101 Å². The van der Waals surface area contributed by atoms with Gasteiger partial charge in [0.1, 0.15) is 18.8 Å². The number of amides is 2. The van der Waals surface area contributed by atoms with Crippen molar-refractivity contribution in [2.75, 3.05) is 37.7 Å². The maximum Gasteiger partial charge on any atom is 0.532 e. The Bertz CT molecular complexity index is 1930. The van der Waals surface area contributed by atoms with Crippen LogP contribution in [-0.2, 0) is 20.8 Å². The number of rotatable bonds is 13. The van der Waals surface area contributed by atoms with Gasteiger partial charge in [0, 0.05) is 38.3 Å². The lowest BCUT2D eigenvalue weighted by Crippen LogP contribution is -2.25. The van der Waals surface area contributed by atoms with Gasteiger partial charge in [0.25, 0.3) is 0 Å². The van der Waals surface area contributed by atoms with Crippen LogP contribution in [0.25, 0.3) is 26.2 Å². The summed E-state index contributed by atoms with van der Waals surface area (Å²) in [5.41, 5.74) is 5.56. The van der Waals surface area contributed by atoms with Gasteiger partial charge in [-0.2, -0.15) is 9.69 Å². The Morgan fingerprint density at radius 1 is 0.942 bits per heavy atom. The first-order valence-corrected chi connectivity index (χ1v) is 16.8. The minimum atomic E-state index is -0.500. The van der Waals surface area contributed by atoms with Gasteiger partial charge in [-0.15, -0.1) is 0 Å². The van der Waals surface area contributed by atoms with E-state index in [1.165, 1.54) is 16.0 Å². The molecular formula is C41H42N6O5. The number of aryl methyl sites for hydroxylation is 1. The molecule has 52 heavy (non-hydrogen) atoms. The second-order valence-corrected chi connectivity index (χ2v) is 11.3. The van der Waals surface area contributed by atoms with Crippen molar-refractivity contribution in [3.05, 3.63) is 159 Å². The molecule has 11 heteroatoms. The molecule has 0 radical (unpaired) electrons. The number of ether oxygens (including phenoxy) is 2. The molecule has 266 valence electrons. The van der Waals surface area contributed by atoms with Crippen LogP contribution < -0.4 is 10.2 Å². The Labute approximate surface area is 305 Å². The van der Waals surface area contributed by atoms with Gasteiger partial charge >= 0.3 is 17.9 Å². The summed E-state index contributed by atoms with van der Waals surface area (Å²) in [5, 5.41) is 2.52. The molecule has 1 heterocycles. The van der Waals surface area contributed by atoms with Crippen LogP contribution in [0.4, 0.5) is 10.5 Å². The predicted octanol–water partition coefficient (Wildman–Crippen LogP) is 8.14. The van der Waals surface area contributed by atoms with Gasteiger partial charge in [-0.3, -0.25) is 4.79 Å². The fourth-order valence-corrected chi connectivity index (χ4v) is 5.27. The lowest BCUT2D eigenvalue weighted by atomic mass is 10.0. The van der Waals surface area contributed by atoms with Crippen LogP contribution in [0.15, 0.2) is 96.6 Å². The molecule has 3 aromatic carbocycles. The van der Waals surface area contributed by atoms with E-state index in [-0.39, 0.29) is 42.5 Å². The summed E-state index contributed by atoms with van der Waals surface area (Å²) in [5.74, 6) is -1.16. The number of hydrogen-bond acceptors (Lipinski definition) is 6. The molecule has 0 fully saturated rings. The number of carbonyl (C=O) groups is 3. The third-order valence-corrected chi connectivity index (χ3v) is 7.86. The zero-order valence-corrected chi connectivity index (χ0v) is 29.9. The summed E-state index contributed by atoms with van der Waals surface area (Å²) < 4.78 is 10.2. The third-order valence-electron chi connectivity index (χ3n) is 7.86. The second-order valence-electron chi connectivity index (χ2n) is 11.3. The van der Waals surface area contributed by atoms with Crippen molar-refractivity contribution in [1.29, 1.82) is 0 Å².